The Balaban J connectivity index is 0.000000142. The summed E-state index contributed by atoms with van der Waals surface area (Å²) in [6.07, 6.45) is 12.4. The van der Waals surface area contributed by atoms with Crippen molar-refractivity contribution in [3.8, 4) is 0 Å². The van der Waals surface area contributed by atoms with E-state index >= 15 is 0 Å². The molecule has 0 unspecified atom stereocenters. The first-order valence-electron chi connectivity index (χ1n) is 17.9. The zero-order valence-corrected chi connectivity index (χ0v) is 29.0. The molecule has 1 aliphatic heterocycles. The highest BCUT2D eigenvalue weighted by Crippen LogP contribution is 2.57. The summed E-state index contributed by atoms with van der Waals surface area (Å²) in [7, 11) is 0. The number of nitro benzene ring substituents is 2. The maximum absolute atomic E-state index is 12.7. The average Bonchev–Trinajstić information content (AvgIpc) is 3.07. The molecule has 1 saturated heterocycles. The molecular weight excluding hydrogens is 692 g/mol. The van der Waals surface area contributed by atoms with E-state index in [-0.39, 0.29) is 52.1 Å². The lowest BCUT2D eigenvalue weighted by atomic mass is 9.54. The summed E-state index contributed by atoms with van der Waals surface area (Å²) in [5.74, 6) is 5.55. The van der Waals surface area contributed by atoms with E-state index in [1.807, 2.05) is 10.0 Å². The molecule has 0 atom stereocenters. The van der Waals surface area contributed by atoms with E-state index in [4.69, 9.17) is 0 Å². The molecule has 2 aromatic carbocycles. The van der Waals surface area contributed by atoms with Gasteiger partial charge in [0.15, 0.2) is 0 Å². The lowest BCUT2D eigenvalue weighted by Gasteiger charge is -2.61. The van der Waals surface area contributed by atoms with Crippen molar-refractivity contribution in [3.63, 3.8) is 0 Å². The number of nitrogens with one attached hydrogen (secondary N) is 1. The van der Waals surface area contributed by atoms with Gasteiger partial charge in [-0.15, -0.1) is 0 Å². The van der Waals surface area contributed by atoms with Gasteiger partial charge >= 0.3 is 0 Å². The molecule has 9 aliphatic rings. The fraction of sp³-hybridized carbons (Fsp3) is 0.611. The Kier molecular flexibility index (Phi) is 8.52. The number of nitro groups is 2. The van der Waals surface area contributed by atoms with Gasteiger partial charge in [-0.3, -0.25) is 45.3 Å². The Morgan fingerprint density at radius 1 is 0.755 bits per heavy atom. The molecule has 11 rings (SSSR count). The van der Waals surface area contributed by atoms with E-state index in [1.165, 1.54) is 76.3 Å². The number of amides is 2. The molecule has 12 nitrogen and oxygen atoms in total. The molecule has 0 aromatic heterocycles. The minimum Gasteiger partial charge on any atom is -0.289 e. The molecule has 0 spiro atoms. The van der Waals surface area contributed by atoms with Crippen molar-refractivity contribution in [2.45, 2.75) is 76.3 Å². The van der Waals surface area contributed by atoms with Crippen LogP contribution in [0.2, 0.25) is 0 Å². The second kappa shape index (κ2) is 12.9. The van der Waals surface area contributed by atoms with Gasteiger partial charge in [-0.1, -0.05) is 40.2 Å². The van der Waals surface area contributed by atoms with Gasteiger partial charge in [-0.05, 0) is 124 Å². The molecule has 1 heterocycles. The first-order valence-corrected chi connectivity index (χ1v) is 19.0. The fourth-order valence-electron chi connectivity index (χ4n) is 11.5. The summed E-state index contributed by atoms with van der Waals surface area (Å²) in [5, 5.41) is 28.3. The third-order valence-corrected chi connectivity index (χ3v) is 13.3. The summed E-state index contributed by atoms with van der Waals surface area (Å²) in [6, 6.07) is 13.7. The average molecular weight is 736 g/mol. The predicted octanol–water partition coefficient (Wildman–Crippen LogP) is 6.95. The van der Waals surface area contributed by atoms with Crippen molar-refractivity contribution in [1.82, 2.24) is 10.0 Å². The van der Waals surface area contributed by atoms with Crippen LogP contribution in [0.3, 0.4) is 0 Å². The van der Waals surface area contributed by atoms with Crippen molar-refractivity contribution in [2.24, 2.45) is 47.3 Å². The lowest BCUT2D eigenvalue weighted by molar-refractivity contribution is -0.384. The van der Waals surface area contributed by atoms with Gasteiger partial charge in [-0.25, -0.2) is 5.01 Å². The van der Waals surface area contributed by atoms with Crippen LogP contribution < -0.4 is 10.4 Å². The van der Waals surface area contributed by atoms with E-state index in [0.717, 1.165) is 23.7 Å². The van der Waals surface area contributed by atoms with Crippen LogP contribution >= 0.6 is 15.9 Å². The highest BCUT2D eigenvalue weighted by Gasteiger charge is 2.55. The summed E-state index contributed by atoms with van der Waals surface area (Å²) in [4.78, 5) is 47.0. The van der Waals surface area contributed by atoms with E-state index in [2.05, 4.69) is 21.4 Å². The molecule has 2 aromatic rings. The molecule has 260 valence electrons. The molecule has 49 heavy (non-hydrogen) atoms. The van der Waals surface area contributed by atoms with Crippen LogP contribution in [0.1, 0.15) is 64.2 Å². The van der Waals surface area contributed by atoms with Gasteiger partial charge in [0, 0.05) is 12.1 Å². The number of halogens is 1. The summed E-state index contributed by atoms with van der Waals surface area (Å²) in [5.41, 5.74) is 4.14. The lowest BCUT2D eigenvalue weighted by Crippen LogP contribution is -2.71. The number of para-hydroxylation sites is 4. The number of hydrogen-bond donors (Lipinski definition) is 1. The molecule has 8 aliphatic carbocycles. The first-order chi connectivity index (χ1) is 23.7. The third kappa shape index (κ3) is 5.85. The van der Waals surface area contributed by atoms with Crippen LogP contribution in [0.15, 0.2) is 48.5 Å². The Labute approximate surface area is 293 Å². The van der Waals surface area contributed by atoms with Crippen molar-refractivity contribution < 1.29 is 19.4 Å². The van der Waals surface area contributed by atoms with Crippen molar-refractivity contribution >= 4 is 50.5 Å². The molecule has 9 fully saturated rings. The van der Waals surface area contributed by atoms with Crippen molar-refractivity contribution in [1.29, 1.82) is 0 Å². The number of anilines is 2. The van der Waals surface area contributed by atoms with Crippen LogP contribution in [-0.4, -0.2) is 55.6 Å². The number of hydrogen-bond acceptors (Lipinski definition) is 8. The van der Waals surface area contributed by atoms with Crippen LogP contribution in [0.5, 0.6) is 0 Å². The Morgan fingerprint density at radius 2 is 1.24 bits per heavy atom. The number of hydrazine groups is 2. The monoisotopic (exact) mass is 734 g/mol. The minimum atomic E-state index is -0.407. The van der Waals surface area contributed by atoms with Gasteiger partial charge in [0.1, 0.15) is 17.9 Å². The molecular formula is C36H43BrN6O6. The molecule has 2 amide bonds. The number of benzene rings is 2. The second-order valence-electron chi connectivity index (χ2n) is 15.7. The van der Waals surface area contributed by atoms with E-state index in [9.17, 15) is 29.8 Å². The van der Waals surface area contributed by atoms with Gasteiger partial charge in [-0.2, -0.15) is 0 Å². The highest BCUT2D eigenvalue weighted by atomic mass is 79.9. The smallest absolute Gasteiger partial charge is 0.289 e. The number of carbonyl (C=O) groups excluding carboxylic acids is 2. The van der Waals surface area contributed by atoms with E-state index in [0.29, 0.717) is 35.0 Å². The predicted molar refractivity (Wildman–Crippen MR) is 186 cm³/mol. The normalized spacial score (nSPS) is 34.6. The number of alkyl halides is 1. The van der Waals surface area contributed by atoms with Crippen molar-refractivity contribution in [2.75, 3.05) is 22.3 Å². The highest BCUT2D eigenvalue weighted by molar-refractivity contribution is 9.09. The largest absolute Gasteiger partial charge is 0.294 e. The quantitative estimate of drug-likeness (QED) is 0.174. The summed E-state index contributed by atoms with van der Waals surface area (Å²) < 4.78 is 0. The number of carbonyl (C=O) groups is 2. The summed E-state index contributed by atoms with van der Waals surface area (Å²) in [6.45, 7) is 0.258. The molecule has 1 N–H and O–H groups in total. The zero-order valence-electron chi connectivity index (χ0n) is 27.4. The zero-order chi connectivity index (χ0) is 34.0. The Bertz CT molecular complexity index is 1600. The van der Waals surface area contributed by atoms with Crippen LogP contribution in [0, 0.1) is 67.6 Å². The van der Waals surface area contributed by atoms with Crippen molar-refractivity contribution in [3.05, 3.63) is 68.8 Å². The standard InChI is InChI=1S/C18H22BrN3O3.C18H21N3O3/c19-10-17(23)21(20-15-3-1-2-4-16(15)22(24)25)18-13-6-11-5-12(8-13)9-14(18)7-11;22-17-10-19(15-3-1-2-4-16(15)21(23)24)20(17)18-13-6-11-5-12(8-13)9-14(18)7-11/h1-4,11-14,18,20H,5-10H2;1-4,11-14,18H,5-10H2. The van der Waals surface area contributed by atoms with Gasteiger partial charge in [0.05, 0.1) is 27.3 Å². The summed E-state index contributed by atoms with van der Waals surface area (Å²) >= 11 is 3.28. The fourth-order valence-corrected chi connectivity index (χ4v) is 11.8. The van der Waals surface area contributed by atoms with E-state index < -0.39 is 4.92 Å². The van der Waals surface area contributed by atoms with Gasteiger partial charge in [0.2, 0.25) is 0 Å². The molecule has 0 radical (unpaired) electrons. The molecule has 13 heteroatoms. The van der Waals surface area contributed by atoms with Crippen LogP contribution in [-0.2, 0) is 9.59 Å². The number of nitrogens with zero attached hydrogens (tertiary/aromatic N) is 5. The van der Waals surface area contributed by atoms with Gasteiger partial charge in [0.25, 0.3) is 23.2 Å². The van der Waals surface area contributed by atoms with Crippen LogP contribution in [0.4, 0.5) is 22.7 Å². The Hall–Kier alpha value is -3.74. The third-order valence-electron chi connectivity index (χ3n) is 12.8. The topological polar surface area (TPSA) is 142 Å². The number of rotatable bonds is 8. The van der Waals surface area contributed by atoms with Gasteiger partial charge < -0.3 is 0 Å². The minimum absolute atomic E-state index is 0.00121. The molecule has 8 saturated carbocycles. The first kappa shape index (κ1) is 32.5. The Morgan fingerprint density at radius 3 is 1.76 bits per heavy atom. The second-order valence-corrected chi connectivity index (χ2v) is 16.2. The maximum atomic E-state index is 12.7. The SMILES string of the molecule is O=C(CBr)N(Nc1ccccc1[N+](=O)[O-])C1C2CC3CC(C2)CC1C3.O=C1CN(c2ccccc2[N+](=O)[O-])N1C1C2CC3CC(C2)CC1C3. The molecule has 8 bridgehead atoms. The van der Waals surface area contributed by atoms with E-state index in [1.54, 1.807) is 41.4 Å². The maximum Gasteiger partial charge on any atom is 0.294 e. The van der Waals surface area contributed by atoms with Crippen LogP contribution in [0.25, 0.3) is 0 Å².